The minimum absolute atomic E-state index is 0.217. The van der Waals surface area contributed by atoms with Crippen molar-refractivity contribution in [3.05, 3.63) is 79.5 Å². The summed E-state index contributed by atoms with van der Waals surface area (Å²) in [7, 11) is 0. The monoisotopic (exact) mass is 472 g/mol. The first kappa shape index (κ1) is 22.0. The van der Waals surface area contributed by atoms with Gasteiger partial charge in [0.1, 0.15) is 22.7 Å². The summed E-state index contributed by atoms with van der Waals surface area (Å²) in [6.45, 7) is 0.954. The molecule has 0 spiro atoms. The summed E-state index contributed by atoms with van der Waals surface area (Å²) in [5, 5.41) is 1.86. The van der Waals surface area contributed by atoms with E-state index < -0.39 is 0 Å². The summed E-state index contributed by atoms with van der Waals surface area (Å²) in [5.41, 5.74) is 4.51. The molecule has 0 atom stereocenters. The fourth-order valence-corrected chi connectivity index (χ4v) is 5.59. The lowest BCUT2D eigenvalue weighted by molar-refractivity contribution is 0.250. The van der Waals surface area contributed by atoms with Crippen LogP contribution in [0.2, 0.25) is 0 Å². The first-order valence-electron chi connectivity index (χ1n) is 12.6. The van der Waals surface area contributed by atoms with Gasteiger partial charge in [0.05, 0.1) is 24.0 Å². The topological polar surface area (TPSA) is 78.9 Å². The van der Waals surface area contributed by atoms with Crippen LogP contribution < -0.4 is 20.7 Å². The molecule has 180 valence electrons. The lowest BCUT2D eigenvalue weighted by Gasteiger charge is -2.19. The van der Waals surface area contributed by atoms with Gasteiger partial charge < -0.3 is 18.3 Å². The molecule has 0 fully saturated rings. The summed E-state index contributed by atoms with van der Waals surface area (Å²) in [5.74, 6) is 1.51. The van der Waals surface area contributed by atoms with Crippen molar-refractivity contribution in [2.45, 2.75) is 57.8 Å². The van der Waals surface area contributed by atoms with E-state index in [-0.39, 0.29) is 11.3 Å². The van der Waals surface area contributed by atoms with Crippen LogP contribution in [0.25, 0.3) is 21.9 Å². The van der Waals surface area contributed by atoms with Gasteiger partial charge in [0, 0.05) is 17.5 Å². The molecule has 6 heteroatoms. The summed E-state index contributed by atoms with van der Waals surface area (Å²) < 4.78 is 23.5. The van der Waals surface area contributed by atoms with E-state index in [1.165, 1.54) is 0 Å². The lowest BCUT2D eigenvalue weighted by Crippen LogP contribution is -2.16. The molecule has 0 amide bonds. The number of hydrogen-bond acceptors (Lipinski definition) is 6. The van der Waals surface area contributed by atoms with Crippen LogP contribution in [0.15, 0.2) is 54.8 Å². The second kappa shape index (κ2) is 9.25. The van der Waals surface area contributed by atoms with Crippen molar-refractivity contribution in [2.24, 2.45) is 0 Å². The molecule has 0 saturated heterocycles. The van der Waals surface area contributed by atoms with E-state index in [2.05, 4.69) is 0 Å². The molecule has 0 aliphatic heterocycles. The van der Waals surface area contributed by atoms with E-state index in [4.69, 9.17) is 18.3 Å². The lowest BCUT2D eigenvalue weighted by atomic mass is 9.90. The van der Waals surface area contributed by atoms with Gasteiger partial charge in [-0.15, -0.1) is 0 Å². The Hall–Kier alpha value is -3.54. The van der Waals surface area contributed by atoms with Crippen LogP contribution in [0.5, 0.6) is 11.5 Å². The van der Waals surface area contributed by atoms with E-state index in [0.717, 1.165) is 95.9 Å². The second-order valence-corrected chi connectivity index (χ2v) is 9.42. The Morgan fingerprint density at radius 1 is 0.600 bits per heavy atom. The Morgan fingerprint density at radius 2 is 1.03 bits per heavy atom. The molecule has 4 aromatic rings. The van der Waals surface area contributed by atoms with E-state index in [1.807, 2.05) is 36.4 Å². The van der Waals surface area contributed by atoms with E-state index in [0.29, 0.717) is 30.8 Å². The molecular formula is C29H28O6. The summed E-state index contributed by atoms with van der Waals surface area (Å²) >= 11 is 0. The van der Waals surface area contributed by atoms with Crippen LogP contribution >= 0.6 is 0 Å². The standard InChI is InChI=1S/C29H28O6/c30-28-20-10-3-1-8-18(20)26-22(12-5-14-24(26)34-28)32-16-7-17-33-23-13-6-15-25-27(23)19-9-2-4-11-21(19)29(31)35-25/h5-6,12-15H,1-4,7-11,16-17H2. The molecule has 2 aliphatic carbocycles. The minimum Gasteiger partial charge on any atom is -0.493 e. The van der Waals surface area contributed by atoms with Gasteiger partial charge >= 0.3 is 11.3 Å². The Morgan fingerprint density at radius 3 is 1.49 bits per heavy atom. The number of aryl methyl sites for hydroxylation is 2. The Balaban J connectivity index is 1.18. The average molecular weight is 473 g/mol. The normalized spacial score (nSPS) is 15.1. The zero-order chi connectivity index (χ0) is 23.8. The van der Waals surface area contributed by atoms with Gasteiger partial charge in [-0.1, -0.05) is 12.1 Å². The third-order valence-corrected chi connectivity index (χ3v) is 7.22. The zero-order valence-electron chi connectivity index (χ0n) is 19.7. The predicted molar refractivity (Wildman–Crippen MR) is 134 cm³/mol. The van der Waals surface area contributed by atoms with Crippen molar-refractivity contribution in [3.8, 4) is 11.5 Å². The Labute approximate surface area is 202 Å². The average Bonchev–Trinajstić information content (AvgIpc) is 2.88. The fraction of sp³-hybridized carbons (Fsp3) is 0.379. The van der Waals surface area contributed by atoms with Crippen LogP contribution in [-0.2, 0) is 25.7 Å². The molecule has 0 radical (unpaired) electrons. The van der Waals surface area contributed by atoms with Crippen molar-refractivity contribution in [3.63, 3.8) is 0 Å². The van der Waals surface area contributed by atoms with Crippen LogP contribution in [-0.4, -0.2) is 13.2 Å². The van der Waals surface area contributed by atoms with Gasteiger partial charge in [0.25, 0.3) is 0 Å². The van der Waals surface area contributed by atoms with Gasteiger partial charge in [0.15, 0.2) is 0 Å². The van der Waals surface area contributed by atoms with Crippen LogP contribution in [0.4, 0.5) is 0 Å². The molecule has 2 aromatic carbocycles. The van der Waals surface area contributed by atoms with E-state index in [9.17, 15) is 9.59 Å². The maximum absolute atomic E-state index is 12.4. The molecule has 0 saturated carbocycles. The molecule has 0 bridgehead atoms. The van der Waals surface area contributed by atoms with Crippen molar-refractivity contribution >= 4 is 21.9 Å². The van der Waals surface area contributed by atoms with Gasteiger partial charge in [-0.2, -0.15) is 0 Å². The van der Waals surface area contributed by atoms with Crippen molar-refractivity contribution in [1.29, 1.82) is 0 Å². The van der Waals surface area contributed by atoms with Crippen LogP contribution in [0.3, 0.4) is 0 Å². The molecule has 6 rings (SSSR count). The molecule has 2 aliphatic rings. The van der Waals surface area contributed by atoms with Gasteiger partial charge in [-0.05, 0) is 86.8 Å². The smallest absolute Gasteiger partial charge is 0.339 e. The van der Waals surface area contributed by atoms with E-state index >= 15 is 0 Å². The third kappa shape index (κ3) is 4.01. The number of ether oxygens (including phenoxy) is 2. The first-order valence-corrected chi connectivity index (χ1v) is 12.6. The maximum Gasteiger partial charge on any atom is 0.339 e. The number of hydrogen-bond donors (Lipinski definition) is 0. The number of rotatable bonds is 6. The van der Waals surface area contributed by atoms with Crippen LogP contribution in [0, 0.1) is 0 Å². The molecule has 6 nitrogen and oxygen atoms in total. The molecule has 0 N–H and O–H groups in total. The van der Waals surface area contributed by atoms with E-state index in [1.54, 1.807) is 0 Å². The first-order chi connectivity index (χ1) is 17.2. The van der Waals surface area contributed by atoms with Gasteiger partial charge in [-0.25, -0.2) is 9.59 Å². The quantitative estimate of drug-likeness (QED) is 0.272. The van der Waals surface area contributed by atoms with Crippen molar-refractivity contribution in [1.82, 2.24) is 0 Å². The molecular weight excluding hydrogens is 444 g/mol. The highest BCUT2D eigenvalue weighted by atomic mass is 16.5. The fourth-order valence-electron chi connectivity index (χ4n) is 5.59. The summed E-state index contributed by atoms with van der Waals surface area (Å²) in [6.07, 6.45) is 8.16. The SMILES string of the molecule is O=c1oc2cccc(OCCCOc3cccc4oc(=O)c5c(c34)CCCC5)c2c2c1CCCC2. The highest BCUT2D eigenvalue weighted by Crippen LogP contribution is 2.35. The maximum atomic E-state index is 12.4. The highest BCUT2D eigenvalue weighted by Gasteiger charge is 2.22. The molecule has 0 unspecified atom stereocenters. The minimum atomic E-state index is -0.217. The molecule has 35 heavy (non-hydrogen) atoms. The summed E-state index contributed by atoms with van der Waals surface area (Å²) in [6, 6.07) is 11.3. The number of fused-ring (bicyclic) bond motifs is 6. The third-order valence-electron chi connectivity index (χ3n) is 7.22. The van der Waals surface area contributed by atoms with Gasteiger partial charge in [0.2, 0.25) is 0 Å². The Kier molecular flexibility index (Phi) is 5.80. The number of benzene rings is 2. The van der Waals surface area contributed by atoms with Crippen molar-refractivity contribution in [2.75, 3.05) is 13.2 Å². The predicted octanol–water partition coefficient (Wildman–Crippen LogP) is 5.50. The van der Waals surface area contributed by atoms with Crippen molar-refractivity contribution < 1.29 is 18.3 Å². The molecule has 2 aromatic heterocycles. The Bertz CT molecular complexity index is 1410. The second-order valence-electron chi connectivity index (χ2n) is 9.42. The van der Waals surface area contributed by atoms with Gasteiger partial charge in [-0.3, -0.25) is 0 Å². The largest absolute Gasteiger partial charge is 0.493 e. The zero-order valence-corrected chi connectivity index (χ0v) is 19.7. The molecule has 2 heterocycles. The van der Waals surface area contributed by atoms with Crippen LogP contribution in [0.1, 0.15) is 54.4 Å². The highest BCUT2D eigenvalue weighted by molar-refractivity contribution is 5.88. The summed E-state index contributed by atoms with van der Waals surface area (Å²) in [4.78, 5) is 24.8.